The summed E-state index contributed by atoms with van der Waals surface area (Å²) in [5, 5.41) is 3.48. The topological polar surface area (TPSA) is 32.6 Å². The molecule has 2 aromatic heterocycles. The molecule has 1 fully saturated rings. The maximum Gasteiger partial charge on any atom is 0.137 e. The van der Waals surface area contributed by atoms with Gasteiger partial charge in [-0.1, -0.05) is 20.8 Å². The van der Waals surface area contributed by atoms with Crippen LogP contribution < -0.4 is 5.32 Å². The van der Waals surface area contributed by atoms with E-state index in [1.807, 2.05) is 0 Å². The zero-order valence-corrected chi connectivity index (χ0v) is 14.3. The molecule has 120 valence electrons. The smallest absolute Gasteiger partial charge is 0.137 e. The van der Waals surface area contributed by atoms with Crippen molar-refractivity contribution < 1.29 is 0 Å². The van der Waals surface area contributed by atoms with Crippen LogP contribution in [0.15, 0.2) is 18.3 Å². The Morgan fingerprint density at radius 2 is 2.05 bits per heavy atom. The Bertz CT molecular complexity index is 643. The highest BCUT2D eigenvalue weighted by Crippen LogP contribution is 2.27. The minimum Gasteiger partial charge on any atom is -0.315 e. The molecule has 22 heavy (non-hydrogen) atoms. The predicted octanol–water partition coefficient (Wildman–Crippen LogP) is 2.74. The molecule has 1 N–H and O–H groups in total. The molecule has 2 aromatic rings. The van der Waals surface area contributed by atoms with Crippen molar-refractivity contribution in [2.24, 2.45) is 0 Å². The maximum absolute atomic E-state index is 4.95. The average Bonchev–Trinajstić information content (AvgIpc) is 2.63. The van der Waals surface area contributed by atoms with Crippen molar-refractivity contribution in [1.29, 1.82) is 0 Å². The molecule has 0 unspecified atom stereocenters. The minimum absolute atomic E-state index is 0.0688. The van der Waals surface area contributed by atoms with Gasteiger partial charge >= 0.3 is 0 Å². The molecule has 1 aliphatic heterocycles. The van der Waals surface area contributed by atoms with Gasteiger partial charge in [0.05, 0.1) is 11.4 Å². The molecule has 0 amide bonds. The van der Waals surface area contributed by atoms with Gasteiger partial charge in [0.2, 0.25) is 0 Å². The van der Waals surface area contributed by atoms with Crippen LogP contribution in [0.2, 0.25) is 0 Å². The fourth-order valence-electron chi connectivity index (χ4n) is 3.22. The van der Waals surface area contributed by atoms with E-state index in [2.05, 4.69) is 60.6 Å². The van der Waals surface area contributed by atoms with Gasteiger partial charge in [0.25, 0.3) is 0 Å². The standard InChI is InChI=1S/C18H28N4/c1-14-6-10-22-15(13-21-9-5-7-19-8-11-21)17(18(2,3)4)20-16(22)12-14/h6,10,12,19H,5,7-9,11,13H2,1-4H3. The van der Waals surface area contributed by atoms with Gasteiger partial charge in [-0.15, -0.1) is 0 Å². The third-order valence-corrected chi connectivity index (χ3v) is 4.40. The molecule has 0 bridgehead atoms. The second-order valence-corrected chi connectivity index (χ2v) is 7.47. The van der Waals surface area contributed by atoms with Gasteiger partial charge in [-0.05, 0) is 44.1 Å². The Morgan fingerprint density at radius 3 is 2.82 bits per heavy atom. The van der Waals surface area contributed by atoms with Crippen molar-refractivity contribution in [3.8, 4) is 0 Å². The van der Waals surface area contributed by atoms with Gasteiger partial charge in [0.1, 0.15) is 5.65 Å². The monoisotopic (exact) mass is 300 g/mol. The number of hydrogen-bond donors (Lipinski definition) is 1. The molecule has 0 atom stereocenters. The molecule has 0 aliphatic carbocycles. The number of nitrogens with one attached hydrogen (secondary N) is 1. The lowest BCUT2D eigenvalue weighted by Crippen LogP contribution is -2.29. The van der Waals surface area contributed by atoms with Crippen molar-refractivity contribution in [2.45, 2.75) is 46.1 Å². The molecule has 3 heterocycles. The van der Waals surface area contributed by atoms with Crippen LogP contribution in [-0.2, 0) is 12.0 Å². The number of nitrogens with zero attached hydrogens (tertiary/aromatic N) is 3. The fourth-order valence-corrected chi connectivity index (χ4v) is 3.22. The van der Waals surface area contributed by atoms with Gasteiger partial charge in [-0.2, -0.15) is 0 Å². The Hall–Kier alpha value is -1.39. The predicted molar refractivity (Wildman–Crippen MR) is 91.4 cm³/mol. The summed E-state index contributed by atoms with van der Waals surface area (Å²) in [6.07, 6.45) is 3.40. The van der Waals surface area contributed by atoms with E-state index < -0.39 is 0 Å². The van der Waals surface area contributed by atoms with Crippen LogP contribution >= 0.6 is 0 Å². The van der Waals surface area contributed by atoms with Gasteiger partial charge in [-0.25, -0.2) is 4.98 Å². The molecular formula is C18H28N4. The molecule has 3 rings (SSSR count). The van der Waals surface area contributed by atoms with E-state index in [0.29, 0.717) is 0 Å². The number of fused-ring (bicyclic) bond motifs is 1. The summed E-state index contributed by atoms with van der Waals surface area (Å²) >= 11 is 0. The van der Waals surface area contributed by atoms with Crippen molar-refractivity contribution in [3.63, 3.8) is 0 Å². The second-order valence-electron chi connectivity index (χ2n) is 7.47. The lowest BCUT2D eigenvalue weighted by Gasteiger charge is -2.23. The number of rotatable bonds is 2. The van der Waals surface area contributed by atoms with Crippen molar-refractivity contribution in [3.05, 3.63) is 35.3 Å². The van der Waals surface area contributed by atoms with E-state index in [4.69, 9.17) is 4.98 Å². The molecule has 4 nitrogen and oxygen atoms in total. The average molecular weight is 300 g/mol. The highest BCUT2D eigenvalue weighted by Gasteiger charge is 2.25. The lowest BCUT2D eigenvalue weighted by molar-refractivity contribution is 0.277. The van der Waals surface area contributed by atoms with Crippen molar-refractivity contribution >= 4 is 5.65 Å². The normalized spacial score (nSPS) is 17.8. The van der Waals surface area contributed by atoms with Gasteiger partial charge < -0.3 is 9.72 Å². The second kappa shape index (κ2) is 6.01. The Kier molecular flexibility index (Phi) is 4.24. The van der Waals surface area contributed by atoms with Gasteiger partial charge in [0.15, 0.2) is 0 Å². The minimum atomic E-state index is 0.0688. The fraction of sp³-hybridized carbons (Fsp3) is 0.611. The third-order valence-electron chi connectivity index (χ3n) is 4.40. The van der Waals surface area contributed by atoms with Crippen LogP contribution in [0.3, 0.4) is 0 Å². The quantitative estimate of drug-likeness (QED) is 0.925. The van der Waals surface area contributed by atoms with E-state index in [1.54, 1.807) is 0 Å². The first-order valence-electron chi connectivity index (χ1n) is 8.36. The maximum atomic E-state index is 4.95. The lowest BCUT2D eigenvalue weighted by atomic mass is 9.90. The van der Waals surface area contributed by atoms with E-state index >= 15 is 0 Å². The summed E-state index contributed by atoms with van der Waals surface area (Å²) in [6.45, 7) is 14.4. The first kappa shape index (κ1) is 15.5. The highest BCUT2D eigenvalue weighted by atomic mass is 15.2. The molecule has 0 spiro atoms. The summed E-state index contributed by atoms with van der Waals surface area (Å²) in [6, 6.07) is 4.36. The largest absolute Gasteiger partial charge is 0.315 e. The Morgan fingerprint density at radius 1 is 1.23 bits per heavy atom. The van der Waals surface area contributed by atoms with Crippen LogP contribution in [0.1, 0.15) is 44.1 Å². The summed E-state index contributed by atoms with van der Waals surface area (Å²) in [4.78, 5) is 7.51. The van der Waals surface area contributed by atoms with Crippen LogP contribution in [0.4, 0.5) is 0 Å². The SMILES string of the molecule is Cc1ccn2c(CN3CCCNCC3)c(C(C)(C)C)nc2c1. The van der Waals surface area contributed by atoms with E-state index in [1.165, 1.54) is 23.4 Å². The molecule has 0 aromatic carbocycles. The summed E-state index contributed by atoms with van der Waals surface area (Å²) in [7, 11) is 0. The summed E-state index contributed by atoms with van der Waals surface area (Å²) < 4.78 is 2.28. The van der Waals surface area contributed by atoms with Gasteiger partial charge in [0, 0.05) is 31.2 Å². The van der Waals surface area contributed by atoms with Crippen LogP contribution in [-0.4, -0.2) is 40.5 Å². The van der Waals surface area contributed by atoms with E-state index in [-0.39, 0.29) is 5.41 Å². The molecule has 0 radical (unpaired) electrons. The molecule has 1 saturated heterocycles. The third kappa shape index (κ3) is 3.18. The Labute approximate surface area is 133 Å². The van der Waals surface area contributed by atoms with Crippen LogP contribution in [0, 0.1) is 6.92 Å². The van der Waals surface area contributed by atoms with Gasteiger partial charge in [-0.3, -0.25) is 4.90 Å². The Balaban J connectivity index is 2.01. The molecule has 0 saturated carbocycles. The van der Waals surface area contributed by atoms with Crippen molar-refractivity contribution in [2.75, 3.05) is 26.2 Å². The van der Waals surface area contributed by atoms with Crippen LogP contribution in [0.5, 0.6) is 0 Å². The van der Waals surface area contributed by atoms with E-state index in [0.717, 1.165) is 38.4 Å². The zero-order chi connectivity index (χ0) is 15.7. The molecular weight excluding hydrogens is 272 g/mol. The van der Waals surface area contributed by atoms with E-state index in [9.17, 15) is 0 Å². The number of aromatic nitrogens is 2. The first-order chi connectivity index (χ1) is 10.4. The number of hydrogen-bond acceptors (Lipinski definition) is 3. The number of aryl methyl sites for hydroxylation is 1. The zero-order valence-electron chi connectivity index (χ0n) is 14.3. The van der Waals surface area contributed by atoms with Crippen LogP contribution in [0.25, 0.3) is 5.65 Å². The van der Waals surface area contributed by atoms with Crippen molar-refractivity contribution in [1.82, 2.24) is 19.6 Å². The molecule has 4 heteroatoms. The highest BCUT2D eigenvalue weighted by molar-refractivity contribution is 5.47. The first-order valence-corrected chi connectivity index (χ1v) is 8.36. The summed E-state index contributed by atoms with van der Waals surface area (Å²) in [5.74, 6) is 0. The molecule has 1 aliphatic rings. The number of imidazole rings is 1. The summed E-state index contributed by atoms with van der Waals surface area (Å²) in [5.41, 5.74) is 5.00. The number of pyridine rings is 1.